The van der Waals surface area contributed by atoms with Gasteiger partial charge >= 0.3 is 0 Å². The first-order valence-electron chi connectivity index (χ1n) is 6.86. The fraction of sp³-hybridized carbons (Fsp3) is 0.571. The van der Waals surface area contributed by atoms with Gasteiger partial charge in [-0.2, -0.15) is 0 Å². The summed E-state index contributed by atoms with van der Waals surface area (Å²) in [7, 11) is -3.64. The van der Waals surface area contributed by atoms with Crippen LogP contribution in [0, 0.1) is 19.7 Å². The van der Waals surface area contributed by atoms with E-state index in [1.54, 1.807) is 6.92 Å². The molecule has 3 N–H and O–H groups in total. The Hall–Kier alpha value is -1.14. The molecule has 4 nitrogen and oxygen atoms in total. The molecule has 0 radical (unpaired) electrons. The van der Waals surface area contributed by atoms with E-state index in [1.165, 1.54) is 6.92 Å². The number of anilines is 1. The minimum absolute atomic E-state index is 0.0897. The van der Waals surface area contributed by atoms with E-state index in [0.717, 1.165) is 31.7 Å². The van der Waals surface area contributed by atoms with Crippen LogP contribution in [0.1, 0.15) is 43.7 Å². The van der Waals surface area contributed by atoms with Crippen molar-refractivity contribution in [3.8, 4) is 0 Å². The Kier molecular flexibility index (Phi) is 5.95. The molecule has 1 rings (SSSR count). The third kappa shape index (κ3) is 3.93. The monoisotopic (exact) mass is 302 g/mol. The summed E-state index contributed by atoms with van der Waals surface area (Å²) < 4.78 is 40.6. The zero-order valence-electron chi connectivity index (χ0n) is 12.3. The Morgan fingerprint density at radius 3 is 2.50 bits per heavy atom. The highest BCUT2D eigenvalue weighted by atomic mass is 32.2. The first-order valence-corrected chi connectivity index (χ1v) is 8.34. The molecule has 0 aliphatic rings. The van der Waals surface area contributed by atoms with E-state index in [0.29, 0.717) is 12.1 Å². The number of sulfonamides is 1. The van der Waals surface area contributed by atoms with Crippen molar-refractivity contribution in [1.29, 1.82) is 0 Å². The number of hydrogen-bond acceptors (Lipinski definition) is 3. The molecule has 0 bridgehead atoms. The van der Waals surface area contributed by atoms with Crippen molar-refractivity contribution in [3.05, 3.63) is 23.0 Å². The van der Waals surface area contributed by atoms with E-state index in [-0.39, 0.29) is 16.1 Å². The normalized spacial score (nSPS) is 11.8. The largest absolute Gasteiger partial charge is 0.396 e. The maximum absolute atomic E-state index is 13.5. The number of nitrogen functional groups attached to an aromatic ring is 1. The third-order valence-corrected chi connectivity index (χ3v) is 5.04. The molecule has 20 heavy (non-hydrogen) atoms. The van der Waals surface area contributed by atoms with E-state index < -0.39 is 15.8 Å². The summed E-state index contributed by atoms with van der Waals surface area (Å²) in [5, 5.41) is 0. The number of aryl methyl sites for hydroxylation is 1. The first-order chi connectivity index (χ1) is 9.31. The van der Waals surface area contributed by atoms with Gasteiger partial charge in [-0.25, -0.2) is 17.5 Å². The lowest BCUT2D eigenvalue weighted by Crippen LogP contribution is -2.26. The van der Waals surface area contributed by atoms with E-state index in [9.17, 15) is 12.8 Å². The van der Waals surface area contributed by atoms with Gasteiger partial charge < -0.3 is 5.73 Å². The van der Waals surface area contributed by atoms with Gasteiger partial charge in [0, 0.05) is 6.54 Å². The lowest BCUT2D eigenvalue weighted by atomic mass is 10.1. The second-order valence-corrected chi connectivity index (χ2v) is 6.71. The average Bonchev–Trinajstić information content (AvgIpc) is 2.35. The highest BCUT2D eigenvalue weighted by Gasteiger charge is 2.22. The van der Waals surface area contributed by atoms with E-state index in [2.05, 4.69) is 11.6 Å². The number of nitrogens with two attached hydrogens (primary N) is 1. The van der Waals surface area contributed by atoms with Crippen LogP contribution < -0.4 is 10.5 Å². The summed E-state index contributed by atoms with van der Waals surface area (Å²) in [5.74, 6) is -0.582. The van der Waals surface area contributed by atoms with E-state index in [4.69, 9.17) is 5.73 Å². The van der Waals surface area contributed by atoms with E-state index in [1.807, 2.05) is 0 Å². The molecule has 0 saturated carbocycles. The Morgan fingerprint density at radius 1 is 1.25 bits per heavy atom. The molecular formula is C14H23FN2O2S. The highest BCUT2D eigenvalue weighted by molar-refractivity contribution is 7.89. The van der Waals surface area contributed by atoms with Gasteiger partial charge in [0.1, 0.15) is 5.82 Å². The summed E-state index contributed by atoms with van der Waals surface area (Å²) in [6.07, 6.45) is 3.97. The van der Waals surface area contributed by atoms with Gasteiger partial charge in [0.15, 0.2) is 0 Å². The lowest BCUT2D eigenvalue weighted by molar-refractivity contribution is 0.571. The fourth-order valence-corrected chi connectivity index (χ4v) is 3.73. The highest BCUT2D eigenvalue weighted by Crippen LogP contribution is 2.27. The zero-order valence-corrected chi connectivity index (χ0v) is 13.1. The summed E-state index contributed by atoms with van der Waals surface area (Å²) in [6.45, 7) is 5.58. The molecule has 0 amide bonds. The molecule has 114 valence electrons. The fourth-order valence-electron chi connectivity index (χ4n) is 2.17. The Morgan fingerprint density at radius 2 is 1.90 bits per heavy atom. The zero-order chi connectivity index (χ0) is 15.3. The van der Waals surface area contributed by atoms with Crippen molar-refractivity contribution in [1.82, 2.24) is 4.72 Å². The number of benzene rings is 1. The summed E-state index contributed by atoms with van der Waals surface area (Å²) in [4.78, 5) is 0.0897. The van der Waals surface area contributed by atoms with Crippen molar-refractivity contribution in [2.45, 2.75) is 51.3 Å². The van der Waals surface area contributed by atoms with E-state index >= 15 is 0 Å². The number of hydrogen-bond donors (Lipinski definition) is 2. The van der Waals surface area contributed by atoms with Gasteiger partial charge in [-0.05, 0) is 37.5 Å². The van der Waals surface area contributed by atoms with Crippen LogP contribution >= 0.6 is 0 Å². The molecule has 0 saturated heterocycles. The van der Waals surface area contributed by atoms with Crippen molar-refractivity contribution < 1.29 is 12.8 Å². The summed E-state index contributed by atoms with van der Waals surface area (Å²) >= 11 is 0. The third-order valence-electron chi connectivity index (χ3n) is 3.29. The van der Waals surface area contributed by atoms with Crippen LogP contribution in [0.3, 0.4) is 0 Å². The number of nitrogens with one attached hydrogen (secondary N) is 1. The number of unbranched alkanes of at least 4 members (excludes halogenated alkanes) is 3. The topological polar surface area (TPSA) is 72.2 Å². The van der Waals surface area contributed by atoms with Crippen molar-refractivity contribution in [2.75, 3.05) is 12.3 Å². The molecule has 0 aromatic heterocycles. The van der Waals surface area contributed by atoms with Gasteiger partial charge in [0.25, 0.3) is 0 Å². The van der Waals surface area contributed by atoms with Crippen LogP contribution in [0.25, 0.3) is 0 Å². The molecule has 0 fully saturated rings. The molecule has 0 heterocycles. The summed E-state index contributed by atoms with van der Waals surface area (Å²) in [5.41, 5.74) is 6.10. The predicted molar refractivity (Wildman–Crippen MR) is 79.6 cm³/mol. The van der Waals surface area contributed by atoms with Gasteiger partial charge in [0.2, 0.25) is 10.0 Å². The Balaban J connectivity index is 2.91. The molecule has 0 aliphatic carbocycles. The second-order valence-electron chi connectivity index (χ2n) is 5.00. The van der Waals surface area contributed by atoms with Crippen LogP contribution in [0.4, 0.5) is 10.1 Å². The molecule has 0 unspecified atom stereocenters. The van der Waals surface area contributed by atoms with Crippen LogP contribution in [-0.4, -0.2) is 15.0 Å². The molecule has 1 aromatic carbocycles. The second kappa shape index (κ2) is 7.04. The number of rotatable bonds is 7. The quantitative estimate of drug-likeness (QED) is 0.601. The average molecular weight is 302 g/mol. The van der Waals surface area contributed by atoms with Gasteiger partial charge in [-0.1, -0.05) is 26.2 Å². The molecule has 0 atom stereocenters. The van der Waals surface area contributed by atoms with Crippen molar-refractivity contribution >= 4 is 15.7 Å². The van der Waals surface area contributed by atoms with Crippen LogP contribution in [0.5, 0.6) is 0 Å². The molecule has 0 aliphatic heterocycles. The Labute approximate surface area is 120 Å². The smallest absolute Gasteiger partial charge is 0.241 e. The van der Waals surface area contributed by atoms with Crippen LogP contribution in [-0.2, 0) is 10.0 Å². The SMILES string of the molecule is CCCCCCNS(=O)(=O)c1c(C)cc(F)c(N)c1C. The lowest BCUT2D eigenvalue weighted by Gasteiger charge is -2.14. The van der Waals surface area contributed by atoms with Gasteiger partial charge in [-0.3, -0.25) is 0 Å². The minimum atomic E-state index is -3.64. The molecule has 0 spiro atoms. The molecular weight excluding hydrogens is 279 g/mol. The van der Waals surface area contributed by atoms with Crippen molar-refractivity contribution in [3.63, 3.8) is 0 Å². The standard InChI is InChI=1S/C14H23FN2O2S/c1-4-5-6-7-8-17-20(18,19)14-10(2)9-12(15)13(16)11(14)3/h9,17H,4-8,16H2,1-3H3. The first kappa shape index (κ1) is 16.9. The maximum atomic E-state index is 13.5. The van der Waals surface area contributed by atoms with Crippen LogP contribution in [0.2, 0.25) is 0 Å². The molecule has 1 aromatic rings. The number of halogens is 1. The van der Waals surface area contributed by atoms with Crippen molar-refractivity contribution in [2.24, 2.45) is 0 Å². The molecule has 6 heteroatoms. The maximum Gasteiger partial charge on any atom is 0.241 e. The minimum Gasteiger partial charge on any atom is -0.396 e. The van der Waals surface area contributed by atoms with Gasteiger partial charge in [0.05, 0.1) is 10.6 Å². The van der Waals surface area contributed by atoms with Gasteiger partial charge in [-0.15, -0.1) is 0 Å². The van der Waals surface area contributed by atoms with Crippen LogP contribution in [0.15, 0.2) is 11.0 Å². The predicted octanol–water partition coefficient (Wildman–Crippen LogP) is 2.88. The Bertz CT molecular complexity index is 571. The summed E-state index contributed by atoms with van der Waals surface area (Å²) in [6, 6.07) is 1.16.